The molecule has 0 unspecified atom stereocenters. The van der Waals surface area contributed by atoms with Crippen LogP contribution >= 0.6 is 11.3 Å². The summed E-state index contributed by atoms with van der Waals surface area (Å²) in [6.45, 7) is 4.00. The second kappa shape index (κ2) is 8.18. The summed E-state index contributed by atoms with van der Waals surface area (Å²) in [5, 5.41) is 8.92. The topological polar surface area (TPSA) is 17.8 Å². The average molecular weight is 481 g/mol. The lowest BCUT2D eigenvalue weighted by atomic mass is 10.0. The number of aromatic nitrogens is 2. The molecule has 0 amide bonds. The van der Waals surface area contributed by atoms with Gasteiger partial charge in [-0.05, 0) is 70.1 Å². The summed E-state index contributed by atoms with van der Waals surface area (Å²) < 4.78 is 5.00. The Labute approximate surface area is 213 Å². The van der Waals surface area contributed by atoms with Crippen LogP contribution in [0, 0.1) is 0 Å². The molecule has 0 spiro atoms. The normalized spacial score (nSPS) is 11.6. The van der Waals surface area contributed by atoms with Crippen molar-refractivity contribution in [3.8, 4) is 5.69 Å². The van der Waals surface area contributed by atoms with Gasteiger partial charge >= 0.3 is 0 Å². The standard InChI is InChI=1S/C31H18N2S.C2H6/c1-2-7-20-17-22-18-23(12-11-21(22)16-19(20)6-1)33-26-14-13-25-24-8-3-4-10-28(24)34-31(25)29(26)30-27(33)9-5-15-32-30;1-2/h1-18H;1-2H3. The largest absolute Gasteiger partial charge is 0.308 e. The van der Waals surface area contributed by atoms with Gasteiger partial charge in [0, 0.05) is 37.4 Å². The van der Waals surface area contributed by atoms with Crippen molar-refractivity contribution in [1.29, 1.82) is 0 Å². The van der Waals surface area contributed by atoms with Gasteiger partial charge in [0.2, 0.25) is 0 Å². The molecule has 0 N–H and O–H groups in total. The Kier molecular flexibility index (Phi) is 4.80. The Morgan fingerprint density at radius 2 is 1.36 bits per heavy atom. The van der Waals surface area contributed by atoms with Gasteiger partial charge in [0.1, 0.15) is 0 Å². The van der Waals surface area contributed by atoms with E-state index in [0.29, 0.717) is 0 Å². The van der Waals surface area contributed by atoms with Crippen molar-refractivity contribution >= 4 is 75.0 Å². The number of hydrogen-bond acceptors (Lipinski definition) is 2. The molecule has 5 aromatic carbocycles. The van der Waals surface area contributed by atoms with E-state index >= 15 is 0 Å². The molecule has 0 saturated heterocycles. The maximum atomic E-state index is 4.86. The maximum Gasteiger partial charge on any atom is 0.0977 e. The number of rotatable bonds is 1. The molecule has 0 aliphatic rings. The van der Waals surface area contributed by atoms with E-state index in [1.54, 1.807) is 0 Å². The Morgan fingerprint density at radius 1 is 0.611 bits per heavy atom. The van der Waals surface area contributed by atoms with Crippen LogP contribution in [0.2, 0.25) is 0 Å². The fraction of sp³-hybridized carbons (Fsp3) is 0.0606. The molecule has 172 valence electrons. The predicted octanol–water partition coefficient (Wildman–Crippen LogP) is 9.88. The highest BCUT2D eigenvalue weighted by Gasteiger charge is 2.18. The Balaban J connectivity index is 0.00000108. The van der Waals surface area contributed by atoms with Crippen LogP contribution in [0.3, 0.4) is 0 Å². The third kappa shape index (κ3) is 3.00. The van der Waals surface area contributed by atoms with E-state index in [4.69, 9.17) is 4.98 Å². The molecule has 0 fully saturated rings. The first-order valence-electron chi connectivity index (χ1n) is 12.5. The first kappa shape index (κ1) is 21.1. The van der Waals surface area contributed by atoms with E-state index in [2.05, 4.69) is 102 Å². The van der Waals surface area contributed by atoms with Crippen molar-refractivity contribution in [2.45, 2.75) is 13.8 Å². The zero-order valence-corrected chi connectivity index (χ0v) is 21.0. The van der Waals surface area contributed by atoms with Crippen LogP contribution in [-0.4, -0.2) is 9.55 Å². The van der Waals surface area contributed by atoms with E-state index in [9.17, 15) is 0 Å². The molecule has 0 atom stereocenters. The minimum atomic E-state index is 1.06. The number of benzene rings is 5. The molecule has 3 heteroatoms. The van der Waals surface area contributed by atoms with E-state index in [1.807, 2.05) is 37.4 Å². The molecule has 0 saturated carbocycles. The zero-order valence-electron chi connectivity index (χ0n) is 20.2. The third-order valence-electron chi connectivity index (χ3n) is 6.98. The van der Waals surface area contributed by atoms with Crippen LogP contribution in [0.1, 0.15) is 13.8 Å². The Bertz CT molecular complexity index is 2080. The highest BCUT2D eigenvalue weighted by molar-refractivity contribution is 7.26. The summed E-state index contributed by atoms with van der Waals surface area (Å²) in [7, 11) is 0. The molecule has 3 heterocycles. The van der Waals surface area contributed by atoms with Gasteiger partial charge in [0.05, 0.1) is 16.6 Å². The van der Waals surface area contributed by atoms with Gasteiger partial charge < -0.3 is 4.57 Å². The number of nitrogens with zero attached hydrogens (tertiary/aromatic N) is 2. The number of fused-ring (bicyclic) bond motifs is 9. The smallest absolute Gasteiger partial charge is 0.0977 e. The number of pyridine rings is 1. The van der Waals surface area contributed by atoms with Crippen LogP contribution < -0.4 is 0 Å². The summed E-state index contributed by atoms with van der Waals surface area (Å²) >= 11 is 1.87. The maximum absolute atomic E-state index is 4.86. The van der Waals surface area contributed by atoms with Crippen molar-refractivity contribution in [2.75, 3.05) is 0 Å². The van der Waals surface area contributed by atoms with E-state index in [-0.39, 0.29) is 0 Å². The molecule has 3 aromatic heterocycles. The van der Waals surface area contributed by atoms with Crippen LogP contribution in [0.4, 0.5) is 0 Å². The lowest BCUT2D eigenvalue weighted by Gasteiger charge is -2.10. The van der Waals surface area contributed by atoms with Gasteiger partial charge in [-0.2, -0.15) is 0 Å². The summed E-state index contributed by atoms with van der Waals surface area (Å²) in [6.07, 6.45) is 1.91. The van der Waals surface area contributed by atoms with Gasteiger partial charge in [-0.3, -0.25) is 4.98 Å². The van der Waals surface area contributed by atoms with Gasteiger partial charge in [0.15, 0.2) is 0 Å². The van der Waals surface area contributed by atoms with Gasteiger partial charge in [-0.15, -0.1) is 11.3 Å². The molecule has 0 aliphatic carbocycles. The van der Waals surface area contributed by atoms with E-state index < -0.39 is 0 Å². The zero-order chi connectivity index (χ0) is 24.2. The number of thiophene rings is 1. The summed E-state index contributed by atoms with van der Waals surface area (Å²) in [5.74, 6) is 0. The molecular formula is C33H24N2S. The van der Waals surface area contributed by atoms with E-state index in [0.717, 1.165) is 16.7 Å². The van der Waals surface area contributed by atoms with Crippen molar-refractivity contribution < 1.29 is 0 Å². The van der Waals surface area contributed by atoms with Gasteiger partial charge in [0.25, 0.3) is 0 Å². The SMILES string of the molecule is CC.c1ccc2cc3cc(-n4c5cccnc5c5c6sc7ccccc7c6ccc54)ccc3cc2c1. The monoisotopic (exact) mass is 480 g/mol. The quantitative estimate of drug-likeness (QED) is 0.214. The summed E-state index contributed by atoms with van der Waals surface area (Å²) in [6, 6.07) is 37.4. The van der Waals surface area contributed by atoms with Crippen molar-refractivity contribution in [1.82, 2.24) is 9.55 Å². The number of hydrogen-bond donors (Lipinski definition) is 0. The van der Waals surface area contributed by atoms with Crippen LogP contribution in [0.5, 0.6) is 0 Å². The van der Waals surface area contributed by atoms with Gasteiger partial charge in [-0.1, -0.05) is 68.4 Å². The van der Waals surface area contributed by atoms with Crippen molar-refractivity contribution in [2.24, 2.45) is 0 Å². The first-order valence-corrected chi connectivity index (χ1v) is 13.3. The average Bonchev–Trinajstić information content (AvgIpc) is 3.48. The molecule has 0 radical (unpaired) electrons. The summed E-state index contributed by atoms with van der Waals surface area (Å²) in [4.78, 5) is 4.86. The fourth-order valence-electron chi connectivity index (χ4n) is 5.44. The Hall–Kier alpha value is -4.21. The Morgan fingerprint density at radius 3 is 2.22 bits per heavy atom. The van der Waals surface area contributed by atoms with Gasteiger partial charge in [-0.25, -0.2) is 0 Å². The lowest BCUT2D eigenvalue weighted by Crippen LogP contribution is -1.94. The molecule has 2 nitrogen and oxygen atoms in total. The second-order valence-corrected chi connectivity index (χ2v) is 9.92. The van der Waals surface area contributed by atoms with Crippen LogP contribution in [-0.2, 0) is 0 Å². The highest BCUT2D eigenvalue weighted by Crippen LogP contribution is 2.42. The lowest BCUT2D eigenvalue weighted by molar-refractivity contribution is 1.18. The fourth-order valence-corrected chi connectivity index (χ4v) is 6.68. The minimum absolute atomic E-state index is 1.06. The van der Waals surface area contributed by atoms with Crippen molar-refractivity contribution in [3.05, 3.63) is 109 Å². The molecule has 0 bridgehead atoms. The second-order valence-electron chi connectivity index (χ2n) is 8.87. The highest BCUT2D eigenvalue weighted by atomic mass is 32.1. The molecule has 36 heavy (non-hydrogen) atoms. The molecule has 0 aliphatic heterocycles. The molecule has 8 aromatic rings. The predicted molar refractivity (Wildman–Crippen MR) is 158 cm³/mol. The van der Waals surface area contributed by atoms with Crippen LogP contribution in [0.15, 0.2) is 109 Å². The van der Waals surface area contributed by atoms with E-state index in [1.165, 1.54) is 52.6 Å². The third-order valence-corrected chi connectivity index (χ3v) is 8.18. The summed E-state index contributed by atoms with van der Waals surface area (Å²) in [5.41, 5.74) is 4.57. The van der Waals surface area contributed by atoms with Crippen LogP contribution in [0.25, 0.3) is 69.3 Å². The first-order chi connectivity index (χ1) is 17.8. The minimum Gasteiger partial charge on any atom is -0.308 e. The molecule has 8 rings (SSSR count). The van der Waals surface area contributed by atoms with Crippen molar-refractivity contribution in [3.63, 3.8) is 0 Å². The molecular weight excluding hydrogens is 456 g/mol.